The van der Waals surface area contributed by atoms with Gasteiger partial charge in [-0.05, 0) is 25.7 Å². The van der Waals surface area contributed by atoms with Crippen molar-refractivity contribution in [3.63, 3.8) is 0 Å². The van der Waals surface area contributed by atoms with Gasteiger partial charge in [0.25, 0.3) is 0 Å². The molecule has 0 bridgehead atoms. The first kappa shape index (κ1) is 11.0. The molecule has 1 aliphatic rings. The van der Waals surface area contributed by atoms with Crippen molar-refractivity contribution in [2.45, 2.75) is 64.1 Å². The molecule has 13 heavy (non-hydrogen) atoms. The second kappa shape index (κ2) is 5.61. The molecule has 2 atom stereocenters. The Morgan fingerprint density at radius 1 is 1.15 bits per heavy atom. The van der Waals surface area contributed by atoms with E-state index in [0.717, 1.165) is 18.8 Å². The standard InChI is InChI=1S/C11H22O2/c1-9(12)11(13)8-7-10-5-3-2-4-6-10/h9-13H,2-8H2,1H3/t9-,11-/m1/s1. The summed E-state index contributed by atoms with van der Waals surface area (Å²) in [4.78, 5) is 0. The van der Waals surface area contributed by atoms with Crippen LogP contribution in [0.5, 0.6) is 0 Å². The lowest BCUT2D eigenvalue weighted by molar-refractivity contribution is 0.0213. The van der Waals surface area contributed by atoms with Gasteiger partial charge < -0.3 is 10.2 Å². The molecule has 0 spiro atoms. The van der Waals surface area contributed by atoms with Crippen LogP contribution in [0.4, 0.5) is 0 Å². The van der Waals surface area contributed by atoms with Crippen molar-refractivity contribution in [3.8, 4) is 0 Å². The van der Waals surface area contributed by atoms with Crippen molar-refractivity contribution < 1.29 is 10.2 Å². The fourth-order valence-corrected chi connectivity index (χ4v) is 2.12. The molecule has 1 aliphatic carbocycles. The van der Waals surface area contributed by atoms with E-state index >= 15 is 0 Å². The molecule has 1 fully saturated rings. The molecule has 2 heteroatoms. The SMILES string of the molecule is C[C@@H](O)[C@H](O)CCC1CCCCC1. The smallest absolute Gasteiger partial charge is 0.0796 e. The number of aliphatic hydroxyl groups is 2. The summed E-state index contributed by atoms with van der Waals surface area (Å²) in [6.07, 6.45) is 7.53. The molecule has 0 aromatic heterocycles. The van der Waals surface area contributed by atoms with Crippen molar-refractivity contribution in [1.82, 2.24) is 0 Å². The summed E-state index contributed by atoms with van der Waals surface area (Å²) >= 11 is 0. The zero-order chi connectivity index (χ0) is 9.68. The van der Waals surface area contributed by atoms with Crippen molar-refractivity contribution in [1.29, 1.82) is 0 Å². The van der Waals surface area contributed by atoms with Crippen LogP contribution in [0.2, 0.25) is 0 Å². The van der Waals surface area contributed by atoms with Crippen molar-refractivity contribution in [3.05, 3.63) is 0 Å². The molecule has 0 amide bonds. The minimum Gasteiger partial charge on any atom is -0.391 e. The van der Waals surface area contributed by atoms with Crippen LogP contribution < -0.4 is 0 Å². The van der Waals surface area contributed by atoms with E-state index in [4.69, 9.17) is 5.11 Å². The van der Waals surface area contributed by atoms with Gasteiger partial charge in [-0.3, -0.25) is 0 Å². The summed E-state index contributed by atoms with van der Waals surface area (Å²) < 4.78 is 0. The highest BCUT2D eigenvalue weighted by molar-refractivity contribution is 4.69. The summed E-state index contributed by atoms with van der Waals surface area (Å²) in [5.41, 5.74) is 0. The third-order valence-electron chi connectivity index (χ3n) is 3.15. The Hall–Kier alpha value is -0.0800. The van der Waals surface area contributed by atoms with E-state index < -0.39 is 12.2 Å². The van der Waals surface area contributed by atoms with Gasteiger partial charge in [-0.2, -0.15) is 0 Å². The van der Waals surface area contributed by atoms with Crippen LogP contribution in [-0.2, 0) is 0 Å². The van der Waals surface area contributed by atoms with Gasteiger partial charge in [-0.15, -0.1) is 0 Å². The highest BCUT2D eigenvalue weighted by Crippen LogP contribution is 2.27. The van der Waals surface area contributed by atoms with Crippen LogP contribution in [0.25, 0.3) is 0 Å². The van der Waals surface area contributed by atoms with Gasteiger partial charge >= 0.3 is 0 Å². The molecule has 0 heterocycles. The van der Waals surface area contributed by atoms with E-state index in [0.29, 0.717) is 0 Å². The van der Waals surface area contributed by atoms with E-state index in [2.05, 4.69) is 0 Å². The molecular weight excluding hydrogens is 164 g/mol. The first-order valence-corrected chi connectivity index (χ1v) is 5.56. The molecule has 1 saturated carbocycles. The highest BCUT2D eigenvalue weighted by atomic mass is 16.3. The van der Waals surface area contributed by atoms with Gasteiger partial charge in [0.1, 0.15) is 0 Å². The van der Waals surface area contributed by atoms with Crippen LogP contribution in [0.15, 0.2) is 0 Å². The quantitative estimate of drug-likeness (QED) is 0.705. The first-order chi connectivity index (χ1) is 6.20. The van der Waals surface area contributed by atoms with Crippen LogP contribution in [0, 0.1) is 5.92 Å². The first-order valence-electron chi connectivity index (χ1n) is 5.56. The van der Waals surface area contributed by atoms with Gasteiger partial charge in [0.15, 0.2) is 0 Å². The fourth-order valence-electron chi connectivity index (χ4n) is 2.12. The van der Waals surface area contributed by atoms with Gasteiger partial charge in [0.2, 0.25) is 0 Å². The minimum absolute atomic E-state index is 0.512. The molecule has 0 saturated heterocycles. The lowest BCUT2D eigenvalue weighted by Crippen LogP contribution is -2.23. The van der Waals surface area contributed by atoms with Gasteiger partial charge in [-0.25, -0.2) is 0 Å². The average molecular weight is 186 g/mol. The van der Waals surface area contributed by atoms with Crippen molar-refractivity contribution in [2.24, 2.45) is 5.92 Å². The Bertz CT molecular complexity index is 128. The third-order valence-corrected chi connectivity index (χ3v) is 3.15. The summed E-state index contributed by atoms with van der Waals surface area (Å²) in [6.45, 7) is 1.66. The number of hydrogen-bond donors (Lipinski definition) is 2. The summed E-state index contributed by atoms with van der Waals surface area (Å²) in [5, 5.41) is 18.5. The molecule has 2 N–H and O–H groups in total. The van der Waals surface area contributed by atoms with Crippen molar-refractivity contribution in [2.75, 3.05) is 0 Å². The van der Waals surface area contributed by atoms with Gasteiger partial charge in [0.05, 0.1) is 12.2 Å². The number of rotatable bonds is 4. The molecular formula is C11H22O2. The molecule has 78 valence electrons. The maximum absolute atomic E-state index is 9.41. The van der Waals surface area contributed by atoms with Crippen molar-refractivity contribution >= 4 is 0 Å². The predicted octanol–water partition coefficient (Wildman–Crippen LogP) is 2.09. The summed E-state index contributed by atoms with van der Waals surface area (Å²) in [5.74, 6) is 0.808. The largest absolute Gasteiger partial charge is 0.391 e. The Morgan fingerprint density at radius 3 is 2.31 bits per heavy atom. The molecule has 2 nitrogen and oxygen atoms in total. The van der Waals surface area contributed by atoms with E-state index in [1.54, 1.807) is 6.92 Å². The summed E-state index contributed by atoms with van der Waals surface area (Å²) in [7, 11) is 0. The van der Waals surface area contributed by atoms with Gasteiger partial charge in [0, 0.05) is 0 Å². The highest BCUT2D eigenvalue weighted by Gasteiger charge is 2.16. The maximum Gasteiger partial charge on any atom is 0.0796 e. The van der Waals surface area contributed by atoms with E-state index in [1.807, 2.05) is 0 Å². The molecule has 0 aliphatic heterocycles. The molecule has 0 aromatic rings. The van der Waals surface area contributed by atoms with Crippen LogP contribution in [-0.4, -0.2) is 22.4 Å². The zero-order valence-corrected chi connectivity index (χ0v) is 8.58. The van der Waals surface area contributed by atoms with E-state index in [-0.39, 0.29) is 0 Å². The Balaban J connectivity index is 2.10. The van der Waals surface area contributed by atoms with Crippen LogP contribution in [0.1, 0.15) is 51.9 Å². The summed E-state index contributed by atoms with van der Waals surface area (Å²) in [6, 6.07) is 0. The Morgan fingerprint density at radius 2 is 1.77 bits per heavy atom. The molecule has 0 radical (unpaired) electrons. The maximum atomic E-state index is 9.41. The molecule has 1 rings (SSSR count). The van der Waals surface area contributed by atoms with E-state index in [1.165, 1.54) is 32.1 Å². The lowest BCUT2D eigenvalue weighted by Gasteiger charge is -2.23. The van der Waals surface area contributed by atoms with Crippen LogP contribution in [0.3, 0.4) is 0 Å². The normalized spacial score (nSPS) is 24.2. The molecule has 0 aromatic carbocycles. The third kappa shape index (κ3) is 4.10. The average Bonchev–Trinajstić information content (AvgIpc) is 2.15. The predicted molar refractivity (Wildman–Crippen MR) is 53.5 cm³/mol. The topological polar surface area (TPSA) is 40.5 Å². The monoisotopic (exact) mass is 186 g/mol. The van der Waals surface area contributed by atoms with Crippen LogP contribution >= 0.6 is 0 Å². The fraction of sp³-hybridized carbons (Fsp3) is 1.00. The van der Waals surface area contributed by atoms with Gasteiger partial charge in [-0.1, -0.05) is 32.1 Å². The second-order valence-corrected chi connectivity index (χ2v) is 4.39. The Labute approximate surface area is 81.0 Å². The van der Waals surface area contributed by atoms with E-state index in [9.17, 15) is 5.11 Å². The molecule has 0 unspecified atom stereocenters. The Kier molecular flexibility index (Phi) is 4.74. The minimum atomic E-state index is -0.566. The number of hydrogen-bond acceptors (Lipinski definition) is 2. The zero-order valence-electron chi connectivity index (χ0n) is 8.58. The number of aliphatic hydroxyl groups excluding tert-OH is 2. The lowest BCUT2D eigenvalue weighted by atomic mass is 9.85. The second-order valence-electron chi connectivity index (χ2n) is 4.39.